The summed E-state index contributed by atoms with van der Waals surface area (Å²) in [5.41, 5.74) is 1.23. The summed E-state index contributed by atoms with van der Waals surface area (Å²) in [6, 6.07) is 7.98. The summed E-state index contributed by atoms with van der Waals surface area (Å²) >= 11 is 9.84. The van der Waals surface area contributed by atoms with Crippen molar-refractivity contribution in [2.75, 3.05) is 44.7 Å². The summed E-state index contributed by atoms with van der Waals surface area (Å²) in [7, 11) is 1.60. The molecular formula is C25H32BrClFN5O. The quantitative estimate of drug-likeness (QED) is 0.569. The van der Waals surface area contributed by atoms with Crippen molar-refractivity contribution >= 4 is 39.3 Å². The van der Waals surface area contributed by atoms with Crippen LogP contribution in [0, 0.1) is 5.82 Å². The lowest BCUT2D eigenvalue weighted by Crippen LogP contribution is -2.58. The van der Waals surface area contributed by atoms with Gasteiger partial charge in [0.05, 0.1) is 10.6 Å². The predicted molar refractivity (Wildman–Crippen MR) is 138 cm³/mol. The number of piperazine rings is 1. The van der Waals surface area contributed by atoms with Gasteiger partial charge in [-0.2, -0.15) is 0 Å². The molecule has 1 amide bonds. The molecule has 2 aliphatic heterocycles. The second-order valence-electron chi connectivity index (χ2n) is 9.10. The summed E-state index contributed by atoms with van der Waals surface area (Å²) in [5.74, 6) is 0.416. The van der Waals surface area contributed by atoms with Crippen molar-refractivity contribution in [2.24, 2.45) is 0 Å². The van der Waals surface area contributed by atoms with Crippen LogP contribution < -0.4 is 10.2 Å². The number of nitrogens with one attached hydrogen (secondary N) is 1. The van der Waals surface area contributed by atoms with Crippen LogP contribution in [-0.2, 0) is 6.54 Å². The van der Waals surface area contributed by atoms with Gasteiger partial charge in [-0.05, 0) is 50.6 Å². The molecule has 184 valence electrons. The molecule has 0 unspecified atom stereocenters. The fourth-order valence-corrected chi connectivity index (χ4v) is 5.76. The zero-order chi connectivity index (χ0) is 24.2. The first-order valence-corrected chi connectivity index (χ1v) is 13.1. The number of likely N-dealkylation sites (tertiary alicyclic amines) is 1. The second-order valence-corrected chi connectivity index (χ2v) is 10.4. The lowest BCUT2D eigenvalue weighted by atomic mass is 9.97. The number of amides is 1. The number of carbonyl (C=O) groups excluding carboxylic acids is 1. The maximum Gasteiger partial charge on any atom is 0.252 e. The van der Waals surface area contributed by atoms with Gasteiger partial charge in [0.15, 0.2) is 0 Å². The molecule has 34 heavy (non-hydrogen) atoms. The first kappa shape index (κ1) is 25.4. The number of anilines is 1. The molecule has 1 N–H and O–H groups in total. The SMILES string of the molecule is CC[C@H]1CN(c2ncc(C(=O)NC)cc2Cl)CCN1C1CCN(Cc2ccc(Br)cc2F)CC1. The number of hydrogen-bond acceptors (Lipinski definition) is 5. The number of hydrogen-bond donors (Lipinski definition) is 1. The third-order valence-electron chi connectivity index (χ3n) is 7.05. The van der Waals surface area contributed by atoms with Gasteiger partial charge >= 0.3 is 0 Å². The largest absolute Gasteiger partial charge is 0.355 e. The van der Waals surface area contributed by atoms with Crippen molar-refractivity contribution in [2.45, 2.75) is 44.8 Å². The van der Waals surface area contributed by atoms with E-state index < -0.39 is 0 Å². The number of carbonyl (C=O) groups is 1. The van der Waals surface area contributed by atoms with Crippen LogP contribution in [0.2, 0.25) is 5.02 Å². The summed E-state index contributed by atoms with van der Waals surface area (Å²) in [4.78, 5) is 23.6. The number of piperidine rings is 1. The van der Waals surface area contributed by atoms with Gasteiger partial charge in [0.1, 0.15) is 11.6 Å². The molecule has 1 atom stereocenters. The van der Waals surface area contributed by atoms with Crippen molar-refractivity contribution in [1.29, 1.82) is 0 Å². The van der Waals surface area contributed by atoms with Crippen LogP contribution >= 0.6 is 27.5 Å². The Morgan fingerprint density at radius 2 is 2.00 bits per heavy atom. The molecule has 4 rings (SSSR count). The Bertz CT molecular complexity index is 1020. The molecule has 3 heterocycles. The van der Waals surface area contributed by atoms with Gasteiger partial charge < -0.3 is 10.2 Å². The van der Waals surface area contributed by atoms with E-state index >= 15 is 0 Å². The Balaban J connectivity index is 1.34. The molecule has 2 fully saturated rings. The molecule has 0 saturated carbocycles. The topological polar surface area (TPSA) is 51.7 Å². The number of benzene rings is 1. The Labute approximate surface area is 214 Å². The molecule has 0 spiro atoms. The van der Waals surface area contributed by atoms with Crippen LogP contribution in [0.5, 0.6) is 0 Å². The fraction of sp³-hybridized carbons (Fsp3) is 0.520. The highest BCUT2D eigenvalue weighted by molar-refractivity contribution is 9.10. The number of rotatable bonds is 6. The van der Waals surface area contributed by atoms with Crippen LogP contribution in [0.25, 0.3) is 0 Å². The Morgan fingerprint density at radius 1 is 1.24 bits per heavy atom. The molecule has 2 aliphatic rings. The van der Waals surface area contributed by atoms with Crippen LogP contribution in [0.15, 0.2) is 34.9 Å². The van der Waals surface area contributed by atoms with Gasteiger partial charge in [0.25, 0.3) is 5.91 Å². The van der Waals surface area contributed by atoms with E-state index in [9.17, 15) is 9.18 Å². The minimum absolute atomic E-state index is 0.144. The van der Waals surface area contributed by atoms with Crippen LogP contribution in [0.3, 0.4) is 0 Å². The highest BCUT2D eigenvalue weighted by Gasteiger charge is 2.34. The zero-order valence-electron chi connectivity index (χ0n) is 19.7. The maximum atomic E-state index is 14.3. The summed E-state index contributed by atoms with van der Waals surface area (Å²) in [6.45, 7) is 7.53. The van der Waals surface area contributed by atoms with Gasteiger partial charge in [-0.15, -0.1) is 0 Å². The molecule has 0 radical (unpaired) electrons. The predicted octanol–water partition coefficient (Wildman–Crippen LogP) is 4.56. The maximum absolute atomic E-state index is 14.3. The highest BCUT2D eigenvalue weighted by Crippen LogP contribution is 2.30. The number of nitrogens with zero attached hydrogens (tertiary/aromatic N) is 4. The summed E-state index contributed by atoms with van der Waals surface area (Å²) < 4.78 is 15.0. The van der Waals surface area contributed by atoms with E-state index in [0.29, 0.717) is 29.2 Å². The Kier molecular flexibility index (Phi) is 8.45. The minimum Gasteiger partial charge on any atom is -0.355 e. The smallest absolute Gasteiger partial charge is 0.252 e. The molecule has 1 aromatic carbocycles. The fourth-order valence-electron chi connectivity index (χ4n) is 5.14. The van der Waals surface area contributed by atoms with Gasteiger partial charge in [0.2, 0.25) is 0 Å². The van der Waals surface area contributed by atoms with E-state index in [1.807, 2.05) is 12.1 Å². The molecule has 0 bridgehead atoms. The number of pyridine rings is 1. The summed E-state index contributed by atoms with van der Waals surface area (Å²) in [5, 5.41) is 3.12. The number of aromatic nitrogens is 1. The average molecular weight is 553 g/mol. The molecule has 2 saturated heterocycles. The normalized spacial score (nSPS) is 20.5. The second kappa shape index (κ2) is 11.3. The Morgan fingerprint density at radius 3 is 2.65 bits per heavy atom. The average Bonchev–Trinajstić information content (AvgIpc) is 2.85. The molecule has 9 heteroatoms. The van der Waals surface area contributed by atoms with E-state index in [-0.39, 0.29) is 11.7 Å². The van der Waals surface area contributed by atoms with Crippen LogP contribution in [-0.4, -0.2) is 72.5 Å². The van der Waals surface area contributed by atoms with E-state index in [0.717, 1.165) is 67.8 Å². The Hall–Kier alpha value is -1.74. The van der Waals surface area contributed by atoms with Crippen LogP contribution in [0.4, 0.5) is 10.2 Å². The number of halogens is 3. The van der Waals surface area contributed by atoms with Gasteiger partial charge in [-0.3, -0.25) is 14.6 Å². The van der Waals surface area contributed by atoms with Crippen molar-refractivity contribution in [3.63, 3.8) is 0 Å². The van der Waals surface area contributed by atoms with E-state index in [4.69, 9.17) is 11.6 Å². The lowest BCUT2D eigenvalue weighted by molar-refractivity contribution is 0.0607. The van der Waals surface area contributed by atoms with Crippen molar-refractivity contribution in [3.8, 4) is 0 Å². The van der Waals surface area contributed by atoms with Gasteiger partial charge in [-0.25, -0.2) is 9.37 Å². The van der Waals surface area contributed by atoms with Crippen molar-refractivity contribution in [1.82, 2.24) is 20.1 Å². The van der Waals surface area contributed by atoms with Gasteiger partial charge in [-0.1, -0.05) is 40.5 Å². The molecular weight excluding hydrogens is 521 g/mol. The molecule has 0 aliphatic carbocycles. The molecule has 2 aromatic rings. The first-order valence-electron chi connectivity index (χ1n) is 11.9. The summed E-state index contributed by atoms with van der Waals surface area (Å²) in [6.07, 6.45) is 4.83. The van der Waals surface area contributed by atoms with Crippen LogP contribution in [0.1, 0.15) is 42.1 Å². The minimum atomic E-state index is -0.189. The zero-order valence-corrected chi connectivity index (χ0v) is 22.1. The lowest BCUT2D eigenvalue weighted by Gasteiger charge is -2.47. The third-order valence-corrected chi connectivity index (χ3v) is 7.82. The van der Waals surface area contributed by atoms with Crippen molar-refractivity contribution < 1.29 is 9.18 Å². The molecule has 6 nitrogen and oxygen atoms in total. The highest BCUT2D eigenvalue weighted by atomic mass is 79.9. The van der Waals surface area contributed by atoms with E-state index in [2.05, 4.69) is 47.9 Å². The van der Waals surface area contributed by atoms with E-state index in [1.165, 1.54) is 0 Å². The van der Waals surface area contributed by atoms with Gasteiger partial charge in [0, 0.05) is 61.5 Å². The monoisotopic (exact) mass is 551 g/mol. The van der Waals surface area contributed by atoms with Crippen molar-refractivity contribution in [3.05, 3.63) is 56.9 Å². The molecule has 1 aromatic heterocycles. The third kappa shape index (κ3) is 5.73. The standard InChI is InChI=1S/C25H32BrClFN5O/c1-3-20-16-32(24-22(27)12-18(14-30-24)25(34)29-2)10-11-33(20)21-6-8-31(9-7-21)15-17-4-5-19(26)13-23(17)28/h4-5,12-14,20-21H,3,6-11,15-16H2,1-2H3,(H,29,34)/t20-/m0/s1. The van der Waals surface area contributed by atoms with E-state index in [1.54, 1.807) is 25.4 Å². The first-order chi connectivity index (χ1) is 16.4.